The molecule has 136 valence electrons. The van der Waals surface area contributed by atoms with E-state index in [9.17, 15) is 4.79 Å². The molecule has 25 heavy (non-hydrogen) atoms. The van der Waals surface area contributed by atoms with Crippen LogP contribution < -0.4 is 10.6 Å². The van der Waals surface area contributed by atoms with Crippen molar-refractivity contribution >= 4 is 11.9 Å². The molecule has 1 atom stereocenters. The summed E-state index contributed by atoms with van der Waals surface area (Å²) >= 11 is 0. The van der Waals surface area contributed by atoms with Crippen molar-refractivity contribution in [3.63, 3.8) is 0 Å². The normalized spacial score (nSPS) is 22.2. The smallest absolute Gasteiger partial charge is 0.225 e. The molecule has 5 heteroatoms. The first kappa shape index (κ1) is 17.8. The maximum atomic E-state index is 12.1. The molecule has 0 aromatic heterocycles. The molecule has 1 unspecified atom stereocenters. The van der Waals surface area contributed by atoms with E-state index >= 15 is 0 Å². The van der Waals surface area contributed by atoms with Crippen molar-refractivity contribution in [3.05, 3.63) is 35.9 Å². The van der Waals surface area contributed by atoms with E-state index < -0.39 is 0 Å². The van der Waals surface area contributed by atoms with Gasteiger partial charge in [-0.1, -0.05) is 44.2 Å². The number of carbonyl (C=O) groups is 1. The first-order valence-electron chi connectivity index (χ1n) is 9.35. The molecule has 1 heterocycles. The third-order valence-electron chi connectivity index (χ3n) is 5.39. The molecule has 0 bridgehead atoms. The standard InChI is InChI=1S/C20H30N4O/c1-15(2)18(25)24-12-9-17(13-24)23-19(21-3)22-14-20(10-11-20)16-7-5-4-6-8-16/h4-8,15,17H,9-14H2,1-3H3,(H2,21,22,23). The van der Waals surface area contributed by atoms with E-state index in [0.29, 0.717) is 0 Å². The quantitative estimate of drug-likeness (QED) is 0.637. The fourth-order valence-corrected chi connectivity index (χ4v) is 3.59. The average Bonchev–Trinajstić information content (AvgIpc) is 3.29. The fraction of sp³-hybridized carbons (Fsp3) is 0.600. The molecule has 1 amide bonds. The summed E-state index contributed by atoms with van der Waals surface area (Å²) in [5.41, 5.74) is 1.67. The van der Waals surface area contributed by atoms with Gasteiger partial charge in [0, 0.05) is 44.1 Å². The van der Waals surface area contributed by atoms with Crippen LogP contribution in [0.2, 0.25) is 0 Å². The number of hydrogen-bond donors (Lipinski definition) is 2. The van der Waals surface area contributed by atoms with E-state index in [1.54, 1.807) is 0 Å². The Hall–Kier alpha value is -2.04. The van der Waals surface area contributed by atoms with Crippen LogP contribution in [0.1, 0.15) is 38.7 Å². The second-order valence-electron chi connectivity index (χ2n) is 7.64. The van der Waals surface area contributed by atoms with Gasteiger partial charge in [0.1, 0.15) is 0 Å². The molecule has 1 aromatic carbocycles. The summed E-state index contributed by atoms with van der Waals surface area (Å²) < 4.78 is 0. The van der Waals surface area contributed by atoms with Gasteiger partial charge in [0.15, 0.2) is 5.96 Å². The lowest BCUT2D eigenvalue weighted by Gasteiger charge is -2.22. The third kappa shape index (κ3) is 4.14. The third-order valence-corrected chi connectivity index (χ3v) is 5.39. The van der Waals surface area contributed by atoms with Gasteiger partial charge >= 0.3 is 0 Å². The van der Waals surface area contributed by atoms with Crippen molar-refractivity contribution in [2.45, 2.75) is 44.6 Å². The Bertz CT molecular complexity index is 622. The van der Waals surface area contributed by atoms with Crippen LogP contribution in [0.15, 0.2) is 35.3 Å². The predicted molar refractivity (Wildman–Crippen MR) is 102 cm³/mol. The highest BCUT2D eigenvalue weighted by atomic mass is 16.2. The minimum Gasteiger partial charge on any atom is -0.356 e. The van der Waals surface area contributed by atoms with Crippen LogP contribution in [-0.4, -0.2) is 49.5 Å². The summed E-state index contributed by atoms with van der Waals surface area (Å²) in [6.07, 6.45) is 3.42. The summed E-state index contributed by atoms with van der Waals surface area (Å²) in [5, 5.41) is 6.99. The lowest BCUT2D eigenvalue weighted by Crippen LogP contribution is -2.47. The zero-order valence-corrected chi connectivity index (χ0v) is 15.6. The molecule has 1 saturated carbocycles. The fourth-order valence-electron chi connectivity index (χ4n) is 3.59. The number of carbonyl (C=O) groups excluding carboxylic acids is 1. The van der Waals surface area contributed by atoms with Crippen LogP contribution in [0.25, 0.3) is 0 Å². The minimum atomic E-state index is 0.0665. The Morgan fingerprint density at radius 3 is 2.64 bits per heavy atom. The van der Waals surface area contributed by atoms with Gasteiger partial charge in [-0.3, -0.25) is 9.79 Å². The lowest BCUT2D eigenvalue weighted by molar-refractivity contribution is -0.133. The van der Waals surface area contributed by atoms with Gasteiger partial charge < -0.3 is 15.5 Å². The van der Waals surface area contributed by atoms with E-state index in [1.165, 1.54) is 18.4 Å². The number of benzene rings is 1. The second-order valence-corrected chi connectivity index (χ2v) is 7.64. The topological polar surface area (TPSA) is 56.7 Å². The number of likely N-dealkylation sites (tertiary alicyclic amines) is 1. The monoisotopic (exact) mass is 342 g/mol. The first-order valence-corrected chi connectivity index (χ1v) is 9.35. The largest absolute Gasteiger partial charge is 0.356 e. The summed E-state index contributed by atoms with van der Waals surface area (Å²) in [6.45, 7) is 6.42. The molecule has 0 radical (unpaired) electrons. The van der Waals surface area contributed by atoms with Gasteiger partial charge in [-0.2, -0.15) is 0 Å². The van der Waals surface area contributed by atoms with E-state index in [0.717, 1.165) is 32.0 Å². The second kappa shape index (κ2) is 7.46. The Kier molecular flexibility index (Phi) is 5.30. The SMILES string of the molecule is CN=C(NCC1(c2ccccc2)CC1)NC1CCN(C(=O)C(C)C)C1. The maximum Gasteiger partial charge on any atom is 0.225 e. The summed E-state index contributed by atoms with van der Waals surface area (Å²) in [6, 6.07) is 11.0. The van der Waals surface area contributed by atoms with Crippen LogP contribution >= 0.6 is 0 Å². The Morgan fingerprint density at radius 2 is 2.04 bits per heavy atom. The maximum absolute atomic E-state index is 12.1. The summed E-state index contributed by atoms with van der Waals surface area (Å²) in [5.74, 6) is 1.15. The number of rotatable bonds is 5. The van der Waals surface area contributed by atoms with Gasteiger partial charge in [-0.15, -0.1) is 0 Å². The number of aliphatic imine (C=N–C) groups is 1. The number of nitrogens with zero attached hydrogens (tertiary/aromatic N) is 2. The Balaban J connectivity index is 1.50. The zero-order valence-electron chi connectivity index (χ0n) is 15.6. The van der Waals surface area contributed by atoms with Gasteiger partial charge in [0.25, 0.3) is 0 Å². The highest BCUT2D eigenvalue weighted by Gasteiger charge is 2.44. The molecule has 5 nitrogen and oxygen atoms in total. The van der Waals surface area contributed by atoms with Crippen LogP contribution in [-0.2, 0) is 10.2 Å². The molecular formula is C20H30N4O. The molecule has 2 N–H and O–H groups in total. The molecule has 3 rings (SSSR count). The zero-order chi connectivity index (χ0) is 17.9. The van der Waals surface area contributed by atoms with E-state index in [4.69, 9.17) is 0 Å². The summed E-state index contributed by atoms with van der Waals surface area (Å²) in [4.78, 5) is 18.5. The van der Waals surface area contributed by atoms with Crippen molar-refractivity contribution < 1.29 is 4.79 Å². The number of amides is 1. The van der Waals surface area contributed by atoms with Crippen molar-refractivity contribution in [3.8, 4) is 0 Å². The van der Waals surface area contributed by atoms with E-state index in [-0.39, 0.29) is 23.3 Å². The van der Waals surface area contributed by atoms with E-state index in [1.807, 2.05) is 25.8 Å². The van der Waals surface area contributed by atoms with Gasteiger partial charge in [0.2, 0.25) is 5.91 Å². The highest BCUT2D eigenvalue weighted by molar-refractivity contribution is 5.81. The van der Waals surface area contributed by atoms with Crippen molar-refractivity contribution in [2.75, 3.05) is 26.7 Å². The molecule has 2 aliphatic rings. The van der Waals surface area contributed by atoms with Crippen molar-refractivity contribution in [1.29, 1.82) is 0 Å². The number of guanidine groups is 1. The highest BCUT2D eigenvalue weighted by Crippen LogP contribution is 2.47. The van der Waals surface area contributed by atoms with Crippen LogP contribution in [0, 0.1) is 5.92 Å². The molecular weight excluding hydrogens is 312 g/mol. The lowest BCUT2D eigenvalue weighted by atomic mass is 9.96. The Morgan fingerprint density at radius 1 is 1.32 bits per heavy atom. The van der Waals surface area contributed by atoms with Gasteiger partial charge in [0.05, 0.1) is 0 Å². The van der Waals surface area contributed by atoms with Crippen LogP contribution in [0.5, 0.6) is 0 Å². The number of nitrogens with one attached hydrogen (secondary N) is 2. The molecule has 1 aliphatic heterocycles. The first-order chi connectivity index (χ1) is 12.0. The van der Waals surface area contributed by atoms with Gasteiger partial charge in [-0.05, 0) is 24.8 Å². The van der Waals surface area contributed by atoms with Crippen molar-refractivity contribution in [1.82, 2.24) is 15.5 Å². The van der Waals surface area contributed by atoms with Crippen LogP contribution in [0.4, 0.5) is 0 Å². The van der Waals surface area contributed by atoms with Crippen molar-refractivity contribution in [2.24, 2.45) is 10.9 Å². The predicted octanol–water partition coefficient (Wildman–Crippen LogP) is 2.14. The molecule has 0 spiro atoms. The van der Waals surface area contributed by atoms with Gasteiger partial charge in [-0.25, -0.2) is 0 Å². The average molecular weight is 342 g/mol. The Labute approximate surface area is 150 Å². The molecule has 1 aliphatic carbocycles. The number of hydrogen-bond acceptors (Lipinski definition) is 2. The molecule has 1 saturated heterocycles. The van der Waals surface area contributed by atoms with E-state index in [2.05, 4.69) is 46.0 Å². The minimum absolute atomic E-state index is 0.0665. The molecule has 1 aromatic rings. The van der Waals surface area contributed by atoms with Crippen LogP contribution in [0.3, 0.4) is 0 Å². The summed E-state index contributed by atoms with van der Waals surface area (Å²) in [7, 11) is 1.81. The molecule has 2 fully saturated rings.